The van der Waals surface area contributed by atoms with Crippen molar-refractivity contribution in [3.8, 4) is 22.8 Å². The maximum Gasteiger partial charge on any atom is 0.267 e. The lowest BCUT2D eigenvalue weighted by Crippen LogP contribution is -2.49. The van der Waals surface area contributed by atoms with Crippen molar-refractivity contribution in [3.63, 3.8) is 0 Å². The van der Waals surface area contributed by atoms with E-state index in [4.69, 9.17) is 9.47 Å². The van der Waals surface area contributed by atoms with Crippen LogP contribution in [0.2, 0.25) is 0 Å². The number of hydrogen-bond donors (Lipinski definition) is 1. The van der Waals surface area contributed by atoms with E-state index in [2.05, 4.69) is 10.4 Å². The molecule has 0 bridgehead atoms. The largest absolute Gasteiger partial charge is 0.454 e. The van der Waals surface area contributed by atoms with Gasteiger partial charge in [-0.2, -0.15) is 5.10 Å². The van der Waals surface area contributed by atoms with Crippen LogP contribution in [0.25, 0.3) is 11.3 Å². The number of fused-ring (bicyclic) bond motifs is 1. The lowest BCUT2D eigenvalue weighted by Gasteiger charge is -2.25. The van der Waals surface area contributed by atoms with E-state index < -0.39 is 5.54 Å². The molecule has 7 nitrogen and oxygen atoms in total. The third-order valence-electron chi connectivity index (χ3n) is 5.13. The Balaban J connectivity index is 1.58. The minimum absolute atomic E-state index is 0.180. The van der Waals surface area contributed by atoms with Gasteiger partial charge in [-0.25, -0.2) is 4.68 Å². The molecule has 3 aromatic rings. The smallest absolute Gasteiger partial charge is 0.267 e. The monoisotopic (exact) mass is 405 g/mol. The van der Waals surface area contributed by atoms with E-state index in [1.807, 2.05) is 43.3 Å². The predicted molar refractivity (Wildman–Crippen MR) is 112 cm³/mol. The number of rotatable bonds is 5. The molecule has 0 saturated carbocycles. The molecule has 1 aliphatic rings. The predicted octanol–water partition coefficient (Wildman–Crippen LogP) is 3.00. The Kier molecular flexibility index (Phi) is 5.03. The van der Waals surface area contributed by atoms with Gasteiger partial charge in [0.25, 0.3) is 5.56 Å². The molecule has 0 spiro atoms. The lowest BCUT2D eigenvalue weighted by atomic mass is 10.0. The summed E-state index contributed by atoms with van der Waals surface area (Å²) in [6, 6.07) is 16.4. The molecule has 30 heavy (non-hydrogen) atoms. The van der Waals surface area contributed by atoms with Crippen LogP contribution in [-0.4, -0.2) is 22.5 Å². The van der Waals surface area contributed by atoms with Crippen LogP contribution in [0, 0.1) is 6.92 Å². The van der Waals surface area contributed by atoms with Crippen LogP contribution >= 0.6 is 0 Å². The first-order valence-electron chi connectivity index (χ1n) is 9.69. The van der Waals surface area contributed by atoms with Crippen LogP contribution in [0.4, 0.5) is 0 Å². The van der Waals surface area contributed by atoms with Gasteiger partial charge in [-0.3, -0.25) is 9.59 Å². The summed E-state index contributed by atoms with van der Waals surface area (Å²) in [5.74, 6) is 1.01. The summed E-state index contributed by atoms with van der Waals surface area (Å²) in [4.78, 5) is 25.4. The highest BCUT2D eigenvalue weighted by Gasteiger charge is 2.32. The van der Waals surface area contributed by atoms with Crippen molar-refractivity contribution in [1.82, 2.24) is 15.1 Å². The highest BCUT2D eigenvalue weighted by molar-refractivity contribution is 5.83. The number of amides is 1. The molecule has 2 aromatic carbocycles. The second-order valence-electron chi connectivity index (χ2n) is 7.76. The lowest BCUT2D eigenvalue weighted by molar-refractivity contribution is -0.129. The molecule has 1 aliphatic heterocycles. The summed E-state index contributed by atoms with van der Waals surface area (Å²) < 4.78 is 12.0. The Morgan fingerprint density at radius 1 is 1.07 bits per heavy atom. The molecule has 1 amide bonds. The van der Waals surface area contributed by atoms with E-state index in [-0.39, 0.29) is 18.3 Å². The molecule has 0 atom stereocenters. The number of ether oxygens (including phenoxy) is 2. The van der Waals surface area contributed by atoms with Gasteiger partial charge >= 0.3 is 0 Å². The van der Waals surface area contributed by atoms with E-state index in [9.17, 15) is 9.59 Å². The SMILES string of the molecule is Cc1ccc(CNC(=O)C(C)(C)n2nc(-c3ccc4c(c3)OCO4)ccc2=O)cc1. The van der Waals surface area contributed by atoms with Crippen molar-refractivity contribution in [2.24, 2.45) is 0 Å². The Labute approximate surface area is 174 Å². The van der Waals surface area contributed by atoms with Crippen LogP contribution in [0.3, 0.4) is 0 Å². The molecule has 0 radical (unpaired) electrons. The number of carbonyl (C=O) groups excluding carboxylic acids is 1. The molecule has 7 heteroatoms. The third kappa shape index (κ3) is 3.78. The Hall–Kier alpha value is -3.61. The van der Waals surface area contributed by atoms with E-state index in [1.165, 1.54) is 10.7 Å². The Morgan fingerprint density at radius 3 is 2.57 bits per heavy atom. The number of benzene rings is 2. The van der Waals surface area contributed by atoms with Gasteiger partial charge in [0.15, 0.2) is 11.5 Å². The Bertz CT molecular complexity index is 1150. The van der Waals surface area contributed by atoms with Gasteiger partial charge in [0.05, 0.1) is 5.69 Å². The van der Waals surface area contributed by atoms with Gasteiger partial charge in [0.2, 0.25) is 12.7 Å². The number of aromatic nitrogens is 2. The van der Waals surface area contributed by atoms with Crippen molar-refractivity contribution in [3.05, 3.63) is 76.1 Å². The van der Waals surface area contributed by atoms with E-state index >= 15 is 0 Å². The highest BCUT2D eigenvalue weighted by Crippen LogP contribution is 2.35. The fourth-order valence-electron chi connectivity index (χ4n) is 3.22. The van der Waals surface area contributed by atoms with Crippen molar-refractivity contribution in [2.75, 3.05) is 6.79 Å². The number of hydrogen-bond acceptors (Lipinski definition) is 5. The molecular weight excluding hydrogens is 382 g/mol. The van der Waals surface area contributed by atoms with E-state index in [0.717, 1.165) is 16.7 Å². The summed E-state index contributed by atoms with van der Waals surface area (Å²) in [5, 5.41) is 7.38. The van der Waals surface area contributed by atoms with Crippen molar-refractivity contribution in [1.29, 1.82) is 0 Å². The molecule has 4 rings (SSSR count). The molecule has 1 aromatic heterocycles. The zero-order valence-corrected chi connectivity index (χ0v) is 17.1. The Morgan fingerprint density at radius 2 is 1.80 bits per heavy atom. The van der Waals surface area contributed by atoms with Crippen molar-refractivity contribution < 1.29 is 14.3 Å². The maximum absolute atomic E-state index is 12.9. The topological polar surface area (TPSA) is 82.5 Å². The zero-order chi connectivity index (χ0) is 21.3. The summed E-state index contributed by atoms with van der Waals surface area (Å²) in [7, 11) is 0. The van der Waals surface area contributed by atoms with E-state index in [0.29, 0.717) is 23.7 Å². The van der Waals surface area contributed by atoms with Crippen LogP contribution in [0.15, 0.2) is 59.4 Å². The van der Waals surface area contributed by atoms with Gasteiger partial charge in [0.1, 0.15) is 5.54 Å². The average Bonchev–Trinajstić information content (AvgIpc) is 3.21. The van der Waals surface area contributed by atoms with Gasteiger partial charge < -0.3 is 14.8 Å². The van der Waals surface area contributed by atoms with Gasteiger partial charge in [-0.15, -0.1) is 0 Å². The first kappa shape index (κ1) is 19.7. The molecule has 0 saturated heterocycles. The number of aryl methyl sites for hydroxylation is 1. The zero-order valence-electron chi connectivity index (χ0n) is 17.1. The third-order valence-corrected chi connectivity index (χ3v) is 5.13. The second kappa shape index (κ2) is 7.67. The molecule has 0 aliphatic carbocycles. The number of nitrogens with zero attached hydrogens (tertiary/aromatic N) is 2. The fourth-order valence-corrected chi connectivity index (χ4v) is 3.22. The average molecular weight is 405 g/mol. The minimum Gasteiger partial charge on any atom is -0.454 e. The molecule has 1 N–H and O–H groups in total. The summed E-state index contributed by atoms with van der Waals surface area (Å²) in [6.07, 6.45) is 0. The first-order chi connectivity index (χ1) is 14.3. The number of carbonyl (C=O) groups is 1. The van der Waals surface area contributed by atoms with Crippen molar-refractivity contribution in [2.45, 2.75) is 32.9 Å². The fraction of sp³-hybridized carbons (Fsp3) is 0.261. The van der Waals surface area contributed by atoms with Crippen molar-refractivity contribution >= 4 is 5.91 Å². The first-order valence-corrected chi connectivity index (χ1v) is 9.69. The quantitative estimate of drug-likeness (QED) is 0.706. The van der Waals surface area contributed by atoms with Gasteiger partial charge in [0, 0.05) is 18.2 Å². The molecule has 2 heterocycles. The van der Waals surface area contributed by atoms with Gasteiger partial charge in [-0.05, 0) is 50.6 Å². The highest BCUT2D eigenvalue weighted by atomic mass is 16.7. The normalized spacial score (nSPS) is 12.6. The van der Waals surface area contributed by atoms with Crippen LogP contribution in [0.1, 0.15) is 25.0 Å². The van der Waals surface area contributed by atoms with E-state index in [1.54, 1.807) is 26.0 Å². The molecule has 154 valence electrons. The summed E-state index contributed by atoms with van der Waals surface area (Å²) in [6.45, 7) is 5.92. The maximum atomic E-state index is 12.9. The second-order valence-corrected chi connectivity index (χ2v) is 7.76. The van der Waals surface area contributed by atoms with Crippen LogP contribution in [-0.2, 0) is 16.9 Å². The molecule has 0 unspecified atom stereocenters. The molecular formula is C23H23N3O4. The minimum atomic E-state index is -1.17. The molecule has 0 fully saturated rings. The van der Waals surface area contributed by atoms with Crippen LogP contribution < -0.4 is 20.3 Å². The standard InChI is InChI=1S/C23H23N3O4/c1-15-4-6-16(7-5-15)13-24-22(28)23(2,3)26-21(27)11-9-18(25-26)17-8-10-19-20(12-17)30-14-29-19/h4-12H,13-14H2,1-3H3,(H,24,28). The van der Waals surface area contributed by atoms with Gasteiger partial charge in [-0.1, -0.05) is 29.8 Å². The summed E-state index contributed by atoms with van der Waals surface area (Å²) in [5.41, 5.74) is 1.94. The summed E-state index contributed by atoms with van der Waals surface area (Å²) >= 11 is 0. The van der Waals surface area contributed by atoms with Crippen LogP contribution in [0.5, 0.6) is 11.5 Å². The number of nitrogens with one attached hydrogen (secondary N) is 1.